The third kappa shape index (κ3) is 7.43. The highest BCUT2D eigenvalue weighted by molar-refractivity contribution is 5.88. The fourth-order valence-corrected chi connectivity index (χ4v) is 1.52. The van der Waals surface area contributed by atoms with Gasteiger partial charge in [0.05, 0.1) is 18.5 Å². The highest BCUT2D eigenvalue weighted by Crippen LogP contribution is 2.13. The first-order chi connectivity index (χ1) is 7.76. The van der Waals surface area contributed by atoms with E-state index in [4.69, 9.17) is 4.74 Å². The Kier molecular flexibility index (Phi) is 10.1. The molecule has 0 unspecified atom stereocenters. The van der Waals surface area contributed by atoms with Crippen molar-refractivity contribution < 1.29 is 13.9 Å². The minimum atomic E-state index is -0.515. The van der Waals surface area contributed by atoms with Gasteiger partial charge < -0.3 is 4.74 Å². The van der Waals surface area contributed by atoms with Crippen LogP contribution in [0.1, 0.15) is 58.8 Å². The third-order valence-corrected chi connectivity index (χ3v) is 2.47. The molecule has 0 amide bonds. The van der Waals surface area contributed by atoms with Crippen molar-refractivity contribution in [2.75, 3.05) is 6.61 Å². The summed E-state index contributed by atoms with van der Waals surface area (Å²) in [6, 6.07) is 0. The van der Waals surface area contributed by atoms with E-state index in [0.717, 1.165) is 19.3 Å². The molecule has 2 nitrogen and oxygen atoms in total. The number of ether oxygens (including phenoxy) is 1. The van der Waals surface area contributed by atoms with Crippen LogP contribution in [0, 0.1) is 0 Å². The van der Waals surface area contributed by atoms with Crippen LogP contribution in [0.3, 0.4) is 0 Å². The molecule has 0 aliphatic carbocycles. The molecule has 0 aromatic carbocycles. The van der Waals surface area contributed by atoms with E-state index < -0.39 is 5.97 Å². The zero-order valence-corrected chi connectivity index (χ0v) is 10.4. The van der Waals surface area contributed by atoms with Crippen molar-refractivity contribution in [2.45, 2.75) is 58.8 Å². The van der Waals surface area contributed by atoms with E-state index in [0.29, 0.717) is 19.4 Å². The van der Waals surface area contributed by atoms with Crippen LogP contribution in [0.2, 0.25) is 0 Å². The molecule has 0 atom stereocenters. The predicted octanol–water partition coefficient (Wildman–Crippen LogP) is 4.15. The van der Waals surface area contributed by atoms with Gasteiger partial charge in [0.25, 0.3) is 0 Å². The normalized spacial score (nSPS) is 11.6. The Hall–Kier alpha value is -0.860. The van der Waals surface area contributed by atoms with Crippen LogP contribution in [-0.4, -0.2) is 12.6 Å². The minimum Gasteiger partial charge on any atom is -0.463 e. The fourth-order valence-electron chi connectivity index (χ4n) is 1.52. The monoisotopic (exact) mass is 230 g/mol. The molecule has 0 aromatic heterocycles. The van der Waals surface area contributed by atoms with Gasteiger partial charge in [0, 0.05) is 0 Å². The second kappa shape index (κ2) is 10.7. The largest absolute Gasteiger partial charge is 0.463 e. The van der Waals surface area contributed by atoms with Crippen molar-refractivity contribution in [3.63, 3.8) is 0 Å². The predicted molar refractivity (Wildman–Crippen MR) is 63.8 cm³/mol. The van der Waals surface area contributed by atoms with E-state index in [-0.39, 0.29) is 5.57 Å². The second-order valence-corrected chi connectivity index (χ2v) is 3.87. The molecular weight excluding hydrogens is 207 g/mol. The molecule has 0 N–H and O–H groups in total. The highest BCUT2D eigenvalue weighted by atomic mass is 19.1. The highest BCUT2D eigenvalue weighted by Gasteiger charge is 2.09. The van der Waals surface area contributed by atoms with E-state index in [1.807, 2.05) is 0 Å². The quantitative estimate of drug-likeness (QED) is 0.338. The maximum Gasteiger partial charge on any atom is 0.336 e. The van der Waals surface area contributed by atoms with Crippen molar-refractivity contribution in [3.05, 3.63) is 11.9 Å². The van der Waals surface area contributed by atoms with E-state index in [1.54, 1.807) is 6.92 Å². The Morgan fingerprint density at radius 3 is 2.31 bits per heavy atom. The summed E-state index contributed by atoms with van der Waals surface area (Å²) in [5.41, 5.74) is 0.164. The number of halogens is 1. The average molecular weight is 230 g/mol. The van der Waals surface area contributed by atoms with Gasteiger partial charge in [0.2, 0.25) is 0 Å². The van der Waals surface area contributed by atoms with Gasteiger partial charge in [0.15, 0.2) is 0 Å². The molecule has 0 saturated carbocycles. The van der Waals surface area contributed by atoms with Gasteiger partial charge in [0.1, 0.15) is 0 Å². The molecule has 0 bridgehead atoms. The van der Waals surface area contributed by atoms with Gasteiger partial charge in [-0.25, -0.2) is 9.18 Å². The lowest BCUT2D eigenvalue weighted by Crippen LogP contribution is -2.07. The van der Waals surface area contributed by atoms with Crippen LogP contribution >= 0.6 is 0 Å². The topological polar surface area (TPSA) is 26.3 Å². The summed E-state index contributed by atoms with van der Waals surface area (Å²) in [5, 5.41) is 0. The third-order valence-electron chi connectivity index (χ3n) is 2.47. The number of carbonyl (C=O) groups excluding carboxylic acids is 1. The molecule has 0 aliphatic heterocycles. The summed E-state index contributed by atoms with van der Waals surface area (Å²) in [6.07, 6.45) is 7.64. The Labute approximate surface area is 97.9 Å². The lowest BCUT2D eigenvalue weighted by Gasteiger charge is -2.05. The molecule has 0 heterocycles. The summed E-state index contributed by atoms with van der Waals surface area (Å²) >= 11 is 0. The molecule has 0 aromatic rings. The molecule has 0 aliphatic rings. The first kappa shape index (κ1) is 15.1. The van der Waals surface area contributed by atoms with Crippen LogP contribution in [0.4, 0.5) is 4.39 Å². The van der Waals surface area contributed by atoms with Crippen molar-refractivity contribution >= 4 is 5.97 Å². The summed E-state index contributed by atoms with van der Waals surface area (Å²) in [6.45, 7) is 4.19. The van der Waals surface area contributed by atoms with Crippen LogP contribution in [0.15, 0.2) is 11.9 Å². The average Bonchev–Trinajstić information content (AvgIpc) is 2.28. The number of hydrogen-bond acceptors (Lipinski definition) is 2. The van der Waals surface area contributed by atoms with Gasteiger partial charge in [-0.2, -0.15) is 0 Å². The standard InChI is InChI=1S/C13H23FO2/c1-3-5-6-7-8-9-10-12(11-14)13(15)16-4-2/h11H,3-10H2,1-2H3. The molecule has 16 heavy (non-hydrogen) atoms. The van der Waals surface area contributed by atoms with Gasteiger partial charge in [-0.05, 0) is 19.8 Å². The van der Waals surface area contributed by atoms with Crippen LogP contribution in [0.5, 0.6) is 0 Å². The number of esters is 1. The van der Waals surface area contributed by atoms with E-state index >= 15 is 0 Å². The minimum absolute atomic E-state index is 0.164. The van der Waals surface area contributed by atoms with Gasteiger partial charge >= 0.3 is 5.97 Å². The molecule has 0 rings (SSSR count). The summed E-state index contributed by atoms with van der Waals surface area (Å²) in [4.78, 5) is 11.2. The Balaban J connectivity index is 3.60. The van der Waals surface area contributed by atoms with Crippen LogP contribution in [0.25, 0.3) is 0 Å². The summed E-state index contributed by atoms with van der Waals surface area (Å²) in [5.74, 6) is -0.515. The number of hydrogen-bond donors (Lipinski definition) is 0. The van der Waals surface area contributed by atoms with E-state index in [2.05, 4.69) is 6.92 Å². The summed E-state index contributed by atoms with van der Waals surface area (Å²) in [7, 11) is 0. The van der Waals surface area contributed by atoms with Crippen LogP contribution < -0.4 is 0 Å². The first-order valence-corrected chi connectivity index (χ1v) is 6.22. The molecule has 3 heteroatoms. The van der Waals surface area contributed by atoms with Crippen molar-refractivity contribution in [2.24, 2.45) is 0 Å². The first-order valence-electron chi connectivity index (χ1n) is 6.22. The second-order valence-electron chi connectivity index (χ2n) is 3.87. The van der Waals surface area contributed by atoms with Gasteiger partial charge in [-0.15, -0.1) is 0 Å². The molecular formula is C13H23FO2. The number of unbranched alkanes of at least 4 members (excludes halogenated alkanes) is 5. The van der Waals surface area contributed by atoms with Gasteiger partial charge in [-0.3, -0.25) is 0 Å². The van der Waals surface area contributed by atoms with Crippen molar-refractivity contribution in [3.8, 4) is 0 Å². The number of rotatable bonds is 9. The lowest BCUT2D eigenvalue weighted by atomic mass is 10.1. The van der Waals surface area contributed by atoms with Gasteiger partial charge in [-0.1, -0.05) is 39.0 Å². The fraction of sp³-hybridized carbons (Fsp3) is 0.769. The zero-order chi connectivity index (χ0) is 12.2. The van der Waals surface area contributed by atoms with Crippen molar-refractivity contribution in [1.29, 1.82) is 0 Å². The maximum atomic E-state index is 12.4. The maximum absolute atomic E-state index is 12.4. The molecule has 94 valence electrons. The SMILES string of the molecule is CCCCCCCCC(=CF)C(=O)OCC. The Bertz CT molecular complexity index is 212. The smallest absolute Gasteiger partial charge is 0.336 e. The van der Waals surface area contributed by atoms with E-state index in [9.17, 15) is 9.18 Å². The number of carbonyl (C=O) groups is 1. The van der Waals surface area contributed by atoms with Crippen molar-refractivity contribution in [1.82, 2.24) is 0 Å². The zero-order valence-electron chi connectivity index (χ0n) is 10.4. The Morgan fingerprint density at radius 1 is 1.12 bits per heavy atom. The summed E-state index contributed by atoms with van der Waals surface area (Å²) < 4.78 is 17.1. The molecule has 0 spiro atoms. The Morgan fingerprint density at radius 2 is 1.75 bits per heavy atom. The van der Waals surface area contributed by atoms with E-state index in [1.165, 1.54) is 19.3 Å². The molecule has 0 radical (unpaired) electrons. The molecule has 0 fully saturated rings. The van der Waals surface area contributed by atoms with Crippen LogP contribution in [-0.2, 0) is 9.53 Å². The lowest BCUT2D eigenvalue weighted by molar-refractivity contribution is -0.138. The molecule has 0 saturated heterocycles.